The Morgan fingerprint density at radius 2 is 1.92 bits per heavy atom. The maximum atomic E-state index is 13.2. The van der Waals surface area contributed by atoms with Gasteiger partial charge in [-0.3, -0.25) is 14.9 Å². The largest absolute Gasteiger partial charge is 0.497 e. The Morgan fingerprint density at radius 1 is 1.08 bits per heavy atom. The molecule has 2 fully saturated rings. The second kappa shape index (κ2) is 9.23. The molecular formula is C28H30N4O5. The molecule has 4 amide bonds. The molecule has 1 saturated carbocycles. The van der Waals surface area contributed by atoms with Gasteiger partial charge < -0.3 is 24.7 Å². The molecule has 1 aliphatic carbocycles. The fraction of sp³-hybridized carbons (Fsp3) is 0.393. The van der Waals surface area contributed by atoms with Gasteiger partial charge in [-0.2, -0.15) is 0 Å². The molecule has 0 bridgehead atoms. The maximum Gasteiger partial charge on any atom is 0.322 e. The van der Waals surface area contributed by atoms with E-state index in [2.05, 4.69) is 16.0 Å². The molecule has 2 aliphatic heterocycles. The molecular weight excluding hydrogens is 472 g/mol. The van der Waals surface area contributed by atoms with Crippen LogP contribution in [0, 0.1) is 0 Å². The molecule has 1 saturated heterocycles. The molecule has 3 heterocycles. The van der Waals surface area contributed by atoms with Crippen molar-refractivity contribution in [1.82, 2.24) is 20.9 Å². The summed E-state index contributed by atoms with van der Waals surface area (Å²) >= 11 is 0. The number of imide groups is 1. The zero-order valence-electron chi connectivity index (χ0n) is 20.8. The Bertz CT molecular complexity index is 1390. The van der Waals surface area contributed by atoms with Gasteiger partial charge in [0.15, 0.2) is 5.54 Å². The number of carbonyl (C=O) groups is 3. The third kappa shape index (κ3) is 4.23. The third-order valence-electron chi connectivity index (χ3n) is 7.77. The molecule has 3 N–H and O–H groups in total. The Morgan fingerprint density at radius 3 is 2.68 bits per heavy atom. The summed E-state index contributed by atoms with van der Waals surface area (Å²) in [6.07, 6.45) is 6.28. The molecule has 9 nitrogen and oxygen atoms in total. The number of hydrogen-bond donors (Lipinski definition) is 3. The lowest BCUT2D eigenvalue weighted by Gasteiger charge is -2.29. The smallest absolute Gasteiger partial charge is 0.322 e. The van der Waals surface area contributed by atoms with Crippen LogP contribution in [0.3, 0.4) is 0 Å². The molecule has 9 heteroatoms. The number of nitrogens with zero attached hydrogens (tertiary/aromatic N) is 1. The van der Waals surface area contributed by atoms with Gasteiger partial charge in [0.2, 0.25) is 0 Å². The number of methoxy groups -OCH3 is 1. The molecule has 1 unspecified atom stereocenters. The quantitative estimate of drug-likeness (QED) is 0.426. The number of fused-ring (bicyclic) bond motifs is 2. The molecule has 1 atom stereocenters. The summed E-state index contributed by atoms with van der Waals surface area (Å²) in [5, 5.41) is 9.57. The number of benzene rings is 2. The van der Waals surface area contributed by atoms with Gasteiger partial charge in [0, 0.05) is 30.1 Å². The Hall–Kier alpha value is -3.85. The predicted molar refractivity (Wildman–Crippen MR) is 136 cm³/mol. The molecule has 37 heavy (non-hydrogen) atoms. The van der Waals surface area contributed by atoms with E-state index in [0.717, 1.165) is 23.1 Å². The number of furan rings is 1. The van der Waals surface area contributed by atoms with Crippen LogP contribution in [0.2, 0.25) is 0 Å². The minimum Gasteiger partial charge on any atom is -0.497 e. The van der Waals surface area contributed by atoms with E-state index in [9.17, 15) is 14.4 Å². The van der Waals surface area contributed by atoms with E-state index in [1.807, 2.05) is 24.3 Å². The van der Waals surface area contributed by atoms with Crippen LogP contribution >= 0.6 is 0 Å². The van der Waals surface area contributed by atoms with Gasteiger partial charge in [-0.15, -0.1) is 0 Å². The first kappa shape index (κ1) is 23.5. The van der Waals surface area contributed by atoms with Crippen molar-refractivity contribution >= 4 is 28.8 Å². The summed E-state index contributed by atoms with van der Waals surface area (Å²) in [7, 11) is 1.55. The van der Waals surface area contributed by atoms with E-state index in [0.29, 0.717) is 35.2 Å². The average molecular weight is 503 g/mol. The highest BCUT2D eigenvalue weighted by Gasteiger charge is 2.53. The van der Waals surface area contributed by atoms with E-state index in [1.54, 1.807) is 30.2 Å². The second-order valence-electron chi connectivity index (χ2n) is 10.2. The van der Waals surface area contributed by atoms with Gasteiger partial charge in [0.05, 0.1) is 13.7 Å². The highest BCUT2D eigenvalue weighted by molar-refractivity contribution is 6.08. The highest BCUT2D eigenvalue weighted by atomic mass is 16.5. The van der Waals surface area contributed by atoms with Gasteiger partial charge in [-0.25, -0.2) is 4.79 Å². The second-order valence-corrected chi connectivity index (χ2v) is 10.2. The molecule has 1 aromatic heterocycles. The van der Waals surface area contributed by atoms with E-state index < -0.39 is 17.5 Å². The Balaban J connectivity index is 1.27. The lowest BCUT2D eigenvalue weighted by molar-refractivity contribution is -0.125. The number of urea groups is 1. The standard InChI is InChI=1S/C28H30N4O5/c1-36-21-9-8-18-15-32(25(33)22(18)13-21)16-28(26(34)30-27(35)31-28)24-12-19-11-17(7-10-23(19)37-24)14-29-20-5-3-2-4-6-20/h7-13,20,29H,2-6,14-16H2,1H3,(H2,30,31,34,35). The zero-order chi connectivity index (χ0) is 25.6. The molecule has 3 aromatic rings. The Kier molecular flexibility index (Phi) is 5.87. The van der Waals surface area contributed by atoms with Crippen LogP contribution in [-0.4, -0.2) is 42.4 Å². The molecule has 3 aliphatic rings. The van der Waals surface area contributed by atoms with Gasteiger partial charge in [-0.1, -0.05) is 31.4 Å². The van der Waals surface area contributed by atoms with E-state index >= 15 is 0 Å². The average Bonchev–Trinajstić information content (AvgIpc) is 3.56. The van der Waals surface area contributed by atoms with Crippen molar-refractivity contribution in [3.8, 4) is 5.75 Å². The number of hydrogen-bond acceptors (Lipinski definition) is 6. The number of ether oxygens (including phenoxy) is 1. The van der Waals surface area contributed by atoms with Gasteiger partial charge in [0.25, 0.3) is 11.8 Å². The van der Waals surface area contributed by atoms with Crippen LogP contribution in [0.15, 0.2) is 46.9 Å². The first-order chi connectivity index (χ1) is 17.9. The summed E-state index contributed by atoms with van der Waals surface area (Å²) in [5.74, 6) is 0.109. The summed E-state index contributed by atoms with van der Waals surface area (Å²) in [6, 6.07) is 13.0. The first-order valence-electron chi connectivity index (χ1n) is 12.8. The van der Waals surface area contributed by atoms with Crippen LogP contribution in [-0.2, 0) is 23.4 Å². The first-order valence-corrected chi connectivity index (χ1v) is 12.8. The van der Waals surface area contributed by atoms with Gasteiger partial charge in [-0.05, 0) is 54.3 Å². The van der Waals surface area contributed by atoms with Crippen molar-refractivity contribution < 1.29 is 23.5 Å². The SMILES string of the molecule is COc1ccc2c(c1)C(=O)N(CC1(c3cc4cc(CNC5CCCCC5)ccc4o3)NC(=O)NC1=O)C2. The fourth-order valence-corrected chi connectivity index (χ4v) is 5.72. The van der Waals surface area contributed by atoms with Gasteiger partial charge in [0.1, 0.15) is 17.1 Å². The zero-order valence-corrected chi connectivity index (χ0v) is 20.8. The van der Waals surface area contributed by atoms with Crippen LogP contribution in [0.1, 0.15) is 59.3 Å². The lowest BCUT2D eigenvalue weighted by atomic mass is 9.95. The van der Waals surface area contributed by atoms with Crippen molar-refractivity contribution in [2.24, 2.45) is 0 Å². The van der Waals surface area contributed by atoms with Crippen LogP contribution in [0.4, 0.5) is 4.79 Å². The molecule has 6 rings (SSSR count). The van der Waals surface area contributed by atoms with Crippen LogP contribution in [0.5, 0.6) is 5.75 Å². The number of rotatable bonds is 7. The van der Waals surface area contributed by atoms with Crippen LogP contribution in [0.25, 0.3) is 11.0 Å². The maximum absolute atomic E-state index is 13.2. The minimum atomic E-state index is -1.53. The topological polar surface area (TPSA) is 113 Å². The number of amides is 4. The predicted octanol–water partition coefficient (Wildman–Crippen LogP) is 3.55. The van der Waals surface area contributed by atoms with Gasteiger partial charge >= 0.3 is 6.03 Å². The molecule has 192 valence electrons. The summed E-state index contributed by atoms with van der Waals surface area (Å²) < 4.78 is 11.4. The number of nitrogens with one attached hydrogen (secondary N) is 3. The number of carbonyl (C=O) groups excluding carboxylic acids is 3. The minimum absolute atomic E-state index is 0.0592. The van der Waals surface area contributed by atoms with E-state index in [4.69, 9.17) is 9.15 Å². The summed E-state index contributed by atoms with van der Waals surface area (Å²) in [5.41, 5.74) is 1.58. The normalized spacial score (nSPS) is 21.9. The monoisotopic (exact) mass is 502 g/mol. The van der Waals surface area contributed by atoms with Crippen molar-refractivity contribution in [2.45, 2.75) is 56.8 Å². The van der Waals surface area contributed by atoms with Crippen molar-refractivity contribution in [3.05, 3.63) is 64.9 Å². The molecule has 0 spiro atoms. The summed E-state index contributed by atoms with van der Waals surface area (Å²) in [6.45, 7) is 1.02. The summed E-state index contributed by atoms with van der Waals surface area (Å²) in [4.78, 5) is 40.2. The van der Waals surface area contributed by atoms with Crippen molar-refractivity contribution in [1.29, 1.82) is 0 Å². The highest BCUT2D eigenvalue weighted by Crippen LogP contribution is 2.35. The Labute approximate surface area is 214 Å². The molecule has 2 aromatic carbocycles. The molecule has 0 radical (unpaired) electrons. The van der Waals surface area contributed by atoms with E-state index in [1.165, 1.54) is 32.1 Å². The lowest BCUT2D eigenvalue weighted by Crippen LogP contribution is -2.52. The van der Waals surface area contributed by atoms with Crippen molar-refractivity contribution in [3.63, 3.8) is 0 Å². The third-order valence-corrected chi connectivity index (χ3v) is 7.77. The van der Waals surface area contributed by atoms with Crippen LogP contribution < -0.4 is 20.7 Å². The van der Waals surface area contributed by atoms with E-state index in [-0.39, 0.29) is 12.5 Å². The fourth-order valence-electron chi connectivity index (χ4n) is 5.72. The van der Waals surface area contributed by atoms with Crippen molar-refractivity contribution in [2.75, 3.05) is 13.7 Å².